The van der Waals surface area contributed by atoms with E-state index in [0.717, 1.165) is 0 Å². The highest BCUT2D eigenvalue weighted by molar-refractivity contribution is 5.65. The van der Waals surface area contributed by atoms with Crippen LogP contribution in [0.3, 0.4) is 0 Å². The molecule has 0 aromatic rings. The molecule has 40 valence electrons. The molecule has 5 nitrogen and oxygen atoms in total. The number of carbonyl (C=O) groups is 1. The van der Waals surface area contributed by atoms with Crippen molar-refractivity contribution < 1.29 is 14.8 Å². The van der Waals surface area contributed by atoms with Crippen LogP contribution in [0.1, 0.15) is 0 Å². The number of rotatable bonds is 2. The van der Waals surface area contributed by atoms with Crippen LogP contribution in [0.25, 0.3) is 0 Å². The molecule has 0 heterocycles. The van der Waals surface area contributed by atoms with Crippen molar-refractivity contribution in [3.8, 4) is 0 Å². The van der Waals surface area contributed by atoms with E-state index in [1.165, 1.54) is 0 Å². The molecule has 0 rings (SSSR count). The summed E-state index contributed by atoms with van der Waals surface area (Å²) in [5, 5.41) is 18.5. The van der Waals surface area contributed by atoms with E-state index in [-0.39, 0.29) is 0 Å². The SMILES string of the molecule is O=C([O-])C[N+](=O)[O-]. The van der Waals surface area contributed by atoms with E-state index in [2.05, 4.69) is 0 Å². The standard InChI is InChI=1S/C2H3NO4/c4-2(5)1-3(6)7/h1H2,(H,4,5)/p-1. The minimum atomic E-state index is -1.66. The normalized spacial score (nSPS) is 8.00. The Labute approximate surface area is 38.7 Å². The number of carboxylic acids is 1. The van der Waals surface area contributed by atoms with Crippen LogP contribution in [0.5, 0.6) is 0 Å². The Morgan fingerprint density at radius 1 is 1.71 bits per heavy atom. The lowest BCUT2D eigenvalue weighted by Gasteiger charge is -1.89. The first-order chi connectivity index (χ1) is 3.13. The van der Waals surface area contributed by atoms with Crippen molar-refractivity contribution in [3.63, 3.8) is 0 Å². The van der Waals surface area contributed by atoms with Gasteiger partial charge in [0.05, 0.1) is 0 Å². The van der Waals surface area contributed by atoms with Gasteiger partial charge < -0.3 is 9.90 Å². The second-order valence-corrected chi connectivity index (χ2v) is 0.863. The second kappa shape index (κ2) is 2.12. The number of carboxylic acid groups (broad SMARTS) is 1. The molecule has 0 fully saturated rings. The summed E-state index contributed by atoms with van der Waals surface area (Å²) >= 11 is 0. The molecule has 0 radical (unpaired) electrons. The monoisotopic (exact) mass is 104 g/mol. The summed E-state index contributed by atoms with van der Waals surface area (Å²) in [7, 11) is 0. The molecular weight excluding hydrogens is 102 g/mol. The molecule has 0 atom stereocenters. The molecule has 0 spiro atoms. The molecule has 0 aromatic carbocycles. The zero-order valence-electron chi connectivity index (χ0n) is 3.29. The largest absolute Gasteiger partial charge is 0.543 e. The van der Waals surface area contributed by atoms with Crippen molar-refractivity contribution in [2.45, 2.75) is 0 Å². The van der Waals surface area contributed by atoms with Crippen LogP contribution < -0.4 is 5.11 Å². The summed E-state index contributed by atoms with van der Waals surface area (Å²) in [5.41, 5.74) is 0. The Kier molecular flexibility index (Phi) is 1.78. The Morgan fingerprint density at radius 2 is 2.14 bits per heavy atom. The molecule has 0 saturated carbocycles. The van der Waals surface area contributed by atoms with Crippen LogP contribution in [0.2, 0.25) is 0 Å². The van der Waals surface area contributed by atoms with Gasteiger partial charge in [-0.25, -0.2) is 0 Å². The minimum absolute atomic E-state index is 0.963. The average Bonchev–Trinajstić information content (AvgIpc) is 1.27. The lowest BCUT2D eigenvalue weighted by atomic mass is 10.7. The van der Waals surface area contributed by atoms with E-state index in [9.17, 15) is 20.0 Å². The maximum absolute atomic E-state index is 9.26. The Balaban J connectivity index is 3.32. The van der Waals surface area contributed by atoms with Gasteiger partial charge in [0.25, 0.3) is 0 Å². The van der Waals surface area contributed by atoms with Crippen molar-refractivity contribution in [3.05, 3.63) is 10.1 Å². The van der Waals surface area contributed by atoms with Crippen LogP contribution in [-0.4, -0.2) is 17.4 Å². The van der Waals surface area contributed by atoms with Crippen molar-refractivity contribution in [1.29, 1.82) is 0 Å². The lowest BCUT2D eigenvalue weighted by Crippen LogP contribution is -2.29. The molecule has 0 aliphatic rings. The smallest absolute Gasteiger partial charge is 0.243 e. The number of carbonyl (C=O) groups excluding carboxylic acids is 1. The van der Waals surface area contributed by atoms with Gasteiger partial charge in [0, 0.05) is 4.92 Å². The Hall–Kier alpha value is -1.13. The molecule has 0 N–H and O–H groups in total. The predicted molar refractivity (Wildman–Crippen MR) is 16.9 cm³/mol. The van der Waals surface area contributed by atoms with Gasteiger partial charge in [-0.15, -0.1) is 0 Å². The van der Waals surface area contributed by atoms with Gasteiger partial charge in [-0.1, -0.05) is 0 Å². The van der Waals surface area contributed by atoms with Gasteiger partial charge in [0.2, 0.25) is 6.54 Å². The van der Waals surface area contributed by atoms with Crippen molar-refractivity contribution in [2.24, 2.45) is 0 Å². The van der Waals surface area contributed by atoms with Crippen molar-refractivity contribution in [1.82, 2.24) is 0 Å². The van der Waals surface area contributed by atoms with Gasteiger partial charge in [-0.2, -0.15) is 0 Å². The topological polar surface area (TPSA) is 83.3 Å². The molecule has 0 saturated heterocycles. The zero-order chi connectivity index (χ0) is 5.86. The highest BCUT2D eigenvalue weighted by Gasteiger charge is 1.92. The van der Waals surface area contributed by atoms with E-state index >= 15 is 0 Å². The van der Waals surface area contributed by atoms with Crippen LogP contribution in [-0.2, 0) is 4.79 Å². The minimum Gasteiger partial charge on any atom is -0.543 e. The van der Waals surface area contributed by atoms with Gasteiger partial charge in [0.15, 0.2) is 0 Å². The maximum atomic E-state index is 9.26. The fourth-order valence-corrected chi connectivity index (χ4v) is 0.105. The summed E-state index contributed by atoms with van der Waals surface area (Å²) in [6, 6.07) is 0. The first kappa shape index (κ1) is 5.87. The van der Waals surface area contributed by atoms with E-state index in [4.69, 9.17) is 0 Å². The summed E-state index contributed by atoms with van der Waals surface area (Å²) in [6.07, 6.45) is 0. The van der Waals surface area contributed by atoms with Crippen LogP contribution >= 0.6 is 0 Å². The van der Waals surface area contributed by atoms with Gasteiger partial charge in [0.1, 0.15) is 5.97 Å². The fourth-order valence-electron chi connectivity index (χ4n) is 0.105. The number of nitrogens with zero attached hydrogens (tertiary/aromatic N) is 1. The number of hydrogen-bond acceptors (Lipinski definition) is 4. The van der Waals surface area contributed by atoms with Crippen LogP contribution in [0, 0.1) is 10.1 Å². The number of aliphatic carboxylic acids is 1. The summed E-state index contributed by atoms with van der Waals surface area (Å²) < 4.78 is 0. The average molecular weight is 104 g/mol. The second-order valence-electron chi connectivity index (χ2n) is 0.863. The first-order valence-corrected chi connectivity index (χ1v) is 1.44. The first-order valence-electron chi connectivity index (χ1n) is 1.44. The van der Waals surface area contributed by atoms with Crippen LogP contribution in [0.4, 0.5) is 0 Å². The summed E-state index contributed by atoms with van der Waals surface area (Å²) in [6.45, 7) is -1.11. The molecule has 0 amide bonds. The number of nitro groups is 1. The highest BCUT2D eigenvalue weighted by atomic mass is 16.6. The van der Waals surface area contributed by atoms with E-state index in [0.29, 0.717) is 0 Å². The zero-order valence-corrected chi connectivity index (χ0v) is 3.29. The summed E-state index contributed by atoms with van der Waals surface area (Å²) in [4.78, 5) is 17.5. The molecule has 0 bridgehead atoms. The predicted octanol–water partition coefficient (Wildman–Crippen LogP) is -1.99. The van der Waals surface area contributed by atoms with Gasteiger partial charge in [-0.05, 0) is 0 Å². The molecule has 0 aromatic heterocycles. The Bertz CT molecular complexity index is 85.9. The fraction of sp³-hybridized carbons (Fsp3) is 0.500. The van der Waals surface area contributed by atoms with E-state index in [1.807, 2.05) is 0 Å². The van der Waals surface area contributed by atoms with Gasteiger partial charge >= 0.3 is 0 Å². The quantitative estimate of drug-likeness (QED) is 0.300. The maximum Gasteiger partial charge on any atom is 0.243 e. The third kappa shape index (κ3) is 4.87. The van der Waals surface area contributed by atoms with E-state index in [1.54, 1.807) is 0 Å². The Morgan fingerprint density at radius 3 is 2.14 bits per heavy atom. The summed E-state index contributed by atoms with van der Waals surface area (Å²) in [5.74, 6) is -1.66. The van der Waals surface area contributed by atoms with Gasteiger partial charge in [-0.3, -0.25) is 10.1 Å². The number of hydrogen-bond donors (Lipinski definition) is 0. The molecule has 5 heteroatoms. The molecule has 0 unspecified atom stereocenters. The highest BCUT2D eigenvalue weighted by Crippen LogP contribution is 1.61. The van der Waals surface area contributed by atoms with Crippen molar-refractivity contribution >= 4 is 5.97 Å². The molecular formula is C2H2NO4-. The third-order valence-corrected chi connectivity index (χ3v) is 0.258. The molecule has 0 aliphatic heterocycles. The van der Waals surface area contributed by atoms with Crippen molar-refractivity contribution in [2.75, 3.05) is 6.54 Å². The third-order valence-electron chi connectivity index (χ3n) is 0.258. The van der Waals surface area contributed by atoms with Crippen LogP contribution in [0.15, 0.2) is 0 Å². The molecule has 7 heavy (non-hydrogen) atoms. The van der Waals surface area contributed by atoms with E-state index < -0.39 is 17.4 Å². The molecule has 0 aliphatic carbocycles. The lowest BCUT2D eigenvalue weighted by molar-refractivity contribution is -0.484.